The lowest BCUT2D eigenvalue weighted by molar-refractivity contribution is 0.593. The van der Waals surface area contributed by atoms with Crippen LogP contribution in [0.15, 0.2) is 0 Å². The van der Waals surface area contributed by atoms with Crippen LogP contribution >= 0.6 is 0 Å². The van der Waals surface area contributed by atoms with E-state index < -0.39 is 0 Å². The van der Waals surface area contributed by atoms with Gasteiger partial charge >= 0.3 is 0 Å². The molecule has 0 saturated heterocycles. The third-order valence-corrected chi connectivity index (χ3v) is 3.20. The summed E-state index contributed by atoms with van der Waals surface area (Å²) in [7, 11) is 0. The maximum atomic E-state index is 5.66. The van der Waals surface area contributed by atoms with Crippen LogP contribution in [0.2, 0.25) is 0 Å². The van der Waals surface area contributed by atoms with Crippen molar-refractivity contribution in [3.8, 4) is 0 Å². The molecule has 0 aliphatic heterocycles. The molecule has 11 heteroatoms. The minimum Gasteiger partial charge on any atom is -0.368 e. The molecular formula is C12H21N11. The van der Waals surface area contributed by atoms with Crippen LogP contribution in [-0.2, 0) is 0 Å². The molecule has 23 heavy (non-hydrogen) atoms. The summed E-state index contributed by atoms with van der Waals surface area (Å²) < 4.78 is 0. The molecule has 0 aliphatic rings. The van der Waals surface area contributed by atoms with Crippen LogP contribution < -0.4 is 27.8 Å². The van der Waals surface area contributed by atoms with Gasteiger partial charge in [-0.15, -0.1) is 0 Å². The van der Waals surface area contributed by atoms with E-state index in [0.717, 1.165) is 12.8 Å². The molecule has 0 aliphatic carbocycles. The van der Waals surface area contributed by atoms with E-state index in [1.165, 1.54) is 0 Å². The van der Waals surface area contributed by atoms with Crippen molar-refractivity contribution < 1.29 is 0 Å². The van der Waals surface area contributed by atoms with Crippen molar-refractivity contribution in [3.05, 3.63) is 5.82 Å². The number of anilines is 5. The summed E-state index contributed by atoms with van der Waals surface area (Å²) in [5, 5.41) is 0. The Kier molecular flexibility index (Phi) is 4.88. The molecule has 0 radical (unpaired) electrons. The molecule has 11 nitrogen and oxygen atoms in total. The number of nitrogens with zero attached hydrogens (tertiary/aromatic N) is 7. The predicted molar refractivity (Wildman–Crippen MR) is 88.0 cm³/mol. The van der Waals surface area contributed by atoms with Gasteiger partial charge in [-0.3, -0.25) is 0 Å². The summed E-state index contributed by atoms with van der Waals surface area (Å²) in [5.41, 5.74) is 22.6. The smallest absolute Gasteiger partial charge is 0.232 e. The number of nitrogen functional groups attached to an aromatic ring is 4. The molecule has 0 bridgehead atoms. The van der Waals surface area contributed by atoms with Gasteiger partial charge in [0.15, 0.2) is 5.82 Å². The van der Waals surface area contributed by atoms with E-state index in [2.05, 4.69) is 36.8 Å². The van der Waals surface area contributed by atoms with E-state index in [9.17, 15) is 0 Å². The van der Waals surface area contributed by atoms with E-state index in [-0.39, 0.29) is 29.8 Å². The van der Waals surface area contributed by atoms with E-state index in [4.69, 9.17) is 22.9 Å². The number of hydrogen-bond acceptors (Lipinski definition) is 11. The Labute approximate surface area is 133 Å². The van der Waals surface area contributed by atoms with Crippen molar-refractivity contribution in [2.75, 3.05) is 34.4 Å². The molecule has 2 aromatic heterocycles. The van der Waals surface area contributed by atoms with Gasteiger partial charge in [-0.05, 0) is 13.3 Å². The molecule has 2 rings (SSSR count). The molecule has 0 unspecified atom stereocenters. The Hall–Kier alpha value is -2.98. The average molecular weight is 319 g/mol. The minimum atomic E-state index is -0.296. The largest absolute Gasteiger partial charge is 0.368 e. The topological polar surface area (TPSA) is 185 Å². The van der Waals surface area contributed by atoms with Gasteiger partial charge in [0.1, 0.15) is 0 Å². The highest BCUT2D eigenvalue weighted by atomic mass is 15.3. The maximum absolute atomic E-state index is 5.66. The number of nitrogens with two attached hydrogens (primary N) is 4. The summed E-state index contributed by atoms with van der Waals surface area (Å²) in [6.07, 6.45) is 1.90. The fourth-order valence-corrected chi connectivity index (χ4v) is 2.07. The van der Waals surface area contributed by atoms with Crippen molar-refractivity contribution in [1.82, 2.24) is 29.9 Å². The molecule has 124 valence electrons. The first kappa shape index (κ1) is 16.4. The van der Waals surface area contributed by atoms with E-state index in [1.807, 2.05) is 11.8 Å². The number of aromatic nitrogens is 6. The second-order valence-electron chi connectivity index (χ2n) is 4.98. The highest BCUT2D eigenvalue weighted by molar-refractivity contribution is 5.41. The van der Waals surface area contributed by atoms with Crippen LogP contribution in [0.3, 0.4) is 0 Å². The van der Waals surface area contributed by atoms with Gasteiger partial charge in [0.25, 0.3) is 0 Å². The maximum Gasteiger partial charge on any atom is 0.232 e. The average Bonchev–Trinajstić information content (AvgIpc) is 2.45. The monoisotopic (exact) mass is 319 g/mol. The van der Waals surface area contributed by atoms with Gasteiger partial charge in [0.05, 0.1) is 6.04 Å². The minimum absolute atomic E-state index is 0.0517. The molecule has 0 amide bonds. The third-order valence-electron chi connectivity index (χ3n) is 3.20. The SMILES string of the molecule is CCCCN(c1nc(N)nc(N)n1)[C@H](C)c1nc(N)nc(N)n1. The normalized spacial score (nSPS) is 12.1. The highest BCUT2D eigenvalue weighted by Crippen LogP contribution is 2.24. The Morgan fingerprint density at radius 3 is 1.78 bits per heavy atom. The first-order valence-electron chi connectivity index (χ1n) is 7.21. The molecule has 0 saturated carbocycles. The van der Waals surface area contributed by atoms with Crippen LogP contribution in [0.4, 0.5) is 29.7 Å². The zero-order valence-electron chi connectivity index (χ0n) is 13.1. The second kappa shape index (κ2) is 6.85. The van der Waals surface area contributed by atoms with Crippen molar-refractivity contribution >= 4 is 29.7 Å². The Balaban J connectivity index is 2.40. The van der Waals surface area contributed by atoms with Crippen LogP contribution in [0.5, 0.6) is 0 Å². The van der Waals surface area contributed by atoms with Crippen molar-refractivity contribution in [1.29, 1.82) is 0 Å². The molecular weight excluding hydrogens is 298 g/mol. The molecule has 0 fully saturated rings. The zero-order valence-corrected chi connectivity index (χ0v) is 13.1. The lowest BCUT2D eigenvalue weighted by atomic mass is 10.2. The quantitative estimate of drug-likeness (QED) is 0.550. The number of unbranched alkanes of at least 4 members (excludes halogenated alkanes) is 1. The molecule has 8 N–H and O–H groups in total. The molecule has 2 aromatic rings. The summed E-state index contributed by atoms with van der Waals surface area (Å²) in [5.74, 6) is 0.998. The highest BCUT2D eigenvalue weighted by Gasteiger charge is 2.22. The first-order chi connectivity index (χ1) is 10.9. The molecule has 1 atom stereocenters. The Morgan fingerprint density at radius 1 is 0.826 bits per heavy atom. The number of hydrogen-bond donors (Lipinski definition) is 4. The summed E-state index contributed by atoms with van der Waals surface area (Å²) in [4.78, 5) is 26.0. The van der Waals surface area contributed by atoms with Gasteiger partial charge in [-0.2, -0.15) is 29.9 Å². The van der Waals surface area contributed by atoms with Crippen molar-refractivity contribution in [3.63, 3.8) is 0 Å². The van der Waals surface area contributed by atoms with Gasteiger partial charge in [0.2, 0.25) is 29.7 Å². The standard InChI is InChI=1S/C12H21N11/c1-3-4-5-23(12-21-10(15)20-11(16)22-12)6(2)7-17-8(13)19-9(14)18-7/h6H,3-5H2,1-2H3,(H4,13,14,17,18,19)(H4,15,16,20,21,22)/t6-/m1/s1. The van der Waals surface area contributed by atoms with Gasteiger partial charge < -0.3 is 27.8 Å². The Morgan fingerprint density at radius 2 is 1.30 bits per heavy atom. The first-order valence-corrected chi connectivity index (χ1v) is 7.21. The third kappa shape index (κ3) is 4.02. The Bertz CT molecular complexity index is 634. The van der Waals surface area contributed by atoms with Gasteiger partial charge in [-0.25, -0.2) is 0 Å². The van der Waals surface area contributed by atoms with E-state index in [0.29, 0.717) is 18.3 Å². The lowest BCUT2D eigenvalue weighted by Crippen LogP contribution is -2.32. The fraction of sp³-hybridized carbons (Fsp3) is 0.500. The second-order valence-corrected chi connectivity index (χ2v) is 4.98. The van der Waals surface area contributed by atoms with Crippen molar-refractivity contribution in [2.45, 2.75) is 32.7 Å². The van der Waals surface area contributed by atoms with Crippen LogP contribution in [-0.4, -0.2) is 36.4 Å². The zero-order chi connectivity index (χ0) is 17.0. The summed E-state index contributed by atoms with van der Waals surface area (Å²) in [6, 6.07) is -0.296. The van der Waals surface area contributed by atoms with E-state index in [1.54, 1.807) is 0 Å². The fourth-order valence-electron chi connectivity index (χ4n) is 2.07. The predicted octanol–water partition coefficient (Wildman–Crippen LogP) is -0.247. The van der Waals surface area contributed by atoms with E-state index >= 15 is 0 Å². The summed E-state index contributed by atoms with van der Waals surface area (Å²) >= 11 is 0. The molecule has 2 heterocycles. The molecule has 0 aromatic carbocycles. The van der Waals surface area contributed by atoms with Gasteiger partial charge in [0, 0.05) is 6.54 Å². The molecule has 0 spiro atoms. The van der Waals surface area contributed by atoms with Crippen LogP contribution in [0, 0.1) is 0 Å². The lowest BCUT2D eigenvalue weighted by Gasteiger charge is -2.28. The number of rotatable bonds is 6. The van der Waals surface area contributed by atoms with Crippen molar-refractivity contribution in [2.24, 2.45) is 0 Å². The van der Waals surface area contributed by atoms with Crippen LogP contribution in [0.1, 0.15) is 38.6 Å². The van der Waals surface area contributed by atoms with Gasteiger partial charge in [-0.1, -0.05) is 13.3 Å². The van der Waals surface area contributed by atoms with Crippen LogP contribution in [0.25, 0.3) is 0 Å². The summed E-state index contributed by atoms with van der Waals surface area (Å²) in [6.45, 7) is 4.63.